The van der Waals surface area contributed by atoms with Crippen LogP contribution in [0.1, 0.15) is 38.3 Å². The van der Waals surface area contributed by atoms with Crippen molar-refractivity contribution < 1.29 is 32.2 Å². The van der Waals surface area contributed by atoms with Gasteiger partial charge in [0.1, 0.15) is 17.6 Å². The number of ether oxygens (including phenoxy) is 3. The Morgan fingerprint density at radius 2 is 1.77 bits per heavy atom. The van der Waals surface area contributed by atoms with E-state index >= 15 is 0 Å². The Labute approximate surface area is 202 Å². The lowest BCUT2D eigenvalue weighted by molar-refractivity contribution is -0.274. The third kappa shape index (κ3) is 5.19. The molecule has 6 nitrogen and oxygen atoms in total. The quantitative estimate of drug-likeness (QED) is 0.611. The van der Waals surface area contributed by atoms with E-state index in [9.17, 15) is 18.0 Å². The van der Waals surface area contributed by atoms with Gasteiger partial charge in [0.15, 0.2) is 0 Å². The number of rotatable bonds is 4. The Balaban J connectivity index is 1.31. The second kappa shape index (κ2) is 8.93. The Bertz CT molecular complexity index is 1080. The summed E-state index contributed by atoms with van der Waals surface area (Å²) in [5.74, 6) is 0.782. The minimum absolute atomic E-state index is 0.0772. The van der Waals surface area contributed by atoms with Crippen LogP contribution in [0.25, 0.3) is 11.1 Å². The lowest BCUT2D eigenvalue weighted by atomic mass is 9.78. The first-order valence-corrected chi connectivity index (χ1v) is 11.9. The van der Waals surface area contributed by atoms with Gasteiger partial charge in [0.05, 0.1) is 12.6 Å². The molecule has 3 fully saturated rings. The molecule has 3 saturated heterocycles. The molecule has 0 radical (unpaired) electrons. The molecule has 0 aromatic heterocycles. The van der Waals surface area contributed by atoms with Gasteiger partial charge in [-0.1, -0.05) is 38.1 Å². The molecular weight excluding hydrogens is 461 g/mol. The highest BCUT2D eigenvalue weighted by Crippen LogP contribution is 2.44. The van der Waals surface area contributed by atoms with E-state index in [1.807, 2.05) is 32.0 Å². The zero-order valence-electron chi connectivity index (χ0n) is 19.7. The summed E-state index contributed by atoms with van der Waals surface area (Å²) < 4.78 is 53.1. The van der Waals surface area contributed by atoms with Crippen molar-refractivity contribution in [3.8, 4) is 22.6 Å². The van der Waals surface area contributed by atoms with Gasteiger partial charge in [0.25, 0.3) is 0 Å². The highest BCUT2D eigenvalue weighted by Gasteiger charge is 2.41. The molecule has 9 heteroatoms. The predicted molar refractivity (Wildman–Crippen MR) is 123 cm³/mol. The third-order valence-corrected chi connectivity index (χ3v) is 7.24. The van der Waals surface area contributed by atoms with E-state index < -0.39 is 12.5 Å². The van der Waals surface area contributed by atoms with Crippen LogP contribution in [-0.2, 0) is 4.74 Å². The Kier molecular flexibility index (Phi) is 6.07. The van der Waals surface area contributed by atoms with Crippen molar-refractivity contribution in [2.45, 2.75) is 45.2 Å². The van der Waals surface area contributed by atoms with Crippen molar-refractivity contribution >= 4 is 6.09 Å². The molecule has 1 N–H and O–H groups in total. The molecule has 1 unspecified atom stereocenters. The lowest BCUT2D eigenvalue weighted by Crippen LogP contribution is -2.53. The number of benzene rings is 2. The summed E-state index contributed by atoms with van der Waals surface area (Å²) in [6.45, 7) is 7.40. The van der Waals surface area contributed by atoms with Crippen LogP contribution in [0.5, 0.6) is 11.5 Å². The monoisotopic (exact) mass is 490 g/mol. The number of halogens is 3. The highest BCUT2D eigenvalue weighted by atomic mass is 19.4. The van der Waals surface area contributed by atoms with Crippen LogP contribution in [0.4, 0.5) is 18.0 Å². The van der Waals surface area contributed by atoms with Gasteiger partial charge in [-0.3, -0.25) is 4.90 Å². The number of carbonyl (C=O) groups excluding carboxylic acids is 1. The second-order valence-corrected chi connectivity index (χ2v) is 10.3. The van der Waals surface area contributed by atoms with Gasteiger partial charge in [-0.05, 0) is 61.2 Å². The fourth-order valence-electron chi connectivity index (χ4n) is 5.30. The number of hydrogen-bond donors (Lipinski definition) is 1. The molecule has 6 rings (SSSR count). The summed E-state index contributed by atoms with van der Waals surface area (Å²) in [5.41, 5.74) is 1.99. The first-order valence-electron chi connectivity index (χ1n) is 11.9. The van der Waals surface area contributed by atoms with Crippen LogP contribution in [0.2, 0.25) is 0 Å². The maximum Gasteiger partial charge on any atom is 0.573 e. The third-order valence-electron chi connectivity index (χ3n) is 7.24. The number of hydrogen-bond acceptors (Lipinski definition) is 5. The van der Waals surface area contributed by atoms with Gasteiger partial charge in [-0.15, -0.1) is 13.2 Å². The smallest absolute Gasteiger partial charge is 0.493 e. The average Bonchev–Trinajstić information content (AvgIpc) is 2.81. The molecule has 0 saturated carbocycles. The molecule has 0 spiro atoms. The van der Waals surface area contributed by atoms with Gasteiger partial charge in [-0.25, -0.2) is 4.79 Å². The number of fused-ring (bicyclic) bond motifs is 4. The largest absolute Gasteiger partial charge is 0.573 e. The Morgan fingerprint density at radius 3 is 2.40 bits per heavy atom. The molecule has 35 heavy (non-hydrogen) atoms. The molecule has 2 aromatic carbocycles. The minimum atomic E-state index is -4.73. The molecule has 2 bridgehead atoms. The van der Waals surface area contributed by atoms with Gasteiger partial charge >= 0.3 is 12.5 Å². The standard InChI is InChI=1S/C26H29F3N2O4/c1-25(2)15-33-21-13-18(16-3-6-19(7-4-16)35-26(27,28)29)5-8-20(21)23(25)30-24(32)34-22-14-31-11-9-17(22)10-12-31/h3-8,13,17,22-23H,9-12,14-15H2,1-2H3,(H,30,32)/t22-,23?/m1/s1. The van der Waals surface area contributed by atoms with E-state index in [2.05, 4.69) is 15.0 Å². The lowest BCUT2D eigenvalue weighted by Gasteiger charge is -2.44. The predicted octanol–water partition coefficient (Wildman–Crippen LogP) is 5.53. The number of piperidine rings is 3. The molecule has 1 amide bonds. The molecule has 2 aromatic rings. The maximum absolute atomic E-state index is 12.9. The molecule has 188 valence electrons. The first kappa shape index (κ1) is 23.8. The van der Waals surface area contributed by atoms with E-state index in [1.165, 1.54) is 12.1 Å². The summed E-state index contributed by atoms with van der Waals surface area (Å²) in [6.07, 6.45) is -3.10. The molecule has 2 atom stereocenters. The second-order valence-electron chi connectivity index (χ2n) is 10.3. The molecule has 4 heterocycles. The van der Waals surface area contributed by atoms with Crippen molar-refractivity contribution in [1.29, 1.82) is 0 Å². The van der Waals surface area contributed by atoms with Gasteiger partial charge < -0.3 is 19.5 Å². The zero-order chi connectivity index (χ0) is 24.8. The number of alkyl carbamates (subject to hydrolysis) is 1. The fraction of sp³-hybridized carbons (Fsp3) is 0.500. The van der Waals surface area contributed by atoms with Crippen LogP contribution in [0.15, 0.2) is 42.5 Å². The molecule has 4 aliphatic rings. The summed E-state index contributed by atoms with van der Waals surface area (Å²) in [7, 11) is 0. The normalized spacial score (nSPS) is 26.9. The van der Waals surface area contributed by atoms with Crippen LogP contribution < -0.4 is 14.8 Å². The van der Waals surface area contributed by atoms with Crippen LogP contribution >= 0.6 is 0 Å². The van der Waals surface area contributed by atoms with Crippen molar-refractivity contribution in [3.63, 3.8) is 0 Å². The highest BCUT2D eigenvalue weighted by molar-refractivity contribution is 5.70. The van der Waals surface area contributed by atoms with Crippen molar-refractivity contribution in [2.24, 2.45) is 11.3 Å². The van der Waals surface area contributed by atoms with Crippen LogP contribution in [0.3, 0.4) is 0 Å². The number of nitrogens with one attached hydrogen (secondary N) is 1. The average molecular weight is 491 g/mol. The van der Waals surface area contributed by atoms with E-state index in [4.69, 9.17) is 9.47 Å². The molecular formula is C26H29F3N2O4. The minimum Gasteiger partial charge on any atom is -0.493 e. The fourth-order valence-corrected chi connectivity index (χ4v) is 5.30. The van der Waals surface area contributed by atoms with E-state index in [1.54, 1.807) is 12.1 Å². The van der Waals surface area contributed by atoms with E-state index in [0.717, 1.165) is 49.2 Å². The van der Waals surface area contributed by atoms with Gasteiger partial charge in [0, 0.05) is 17.5 Å². The van der Waals surface area contributed by atoms with Crippen LogP contribution in [0, 0.1) is 11.3 Å². The van der Waals surface area contributed by atoms with Crippen molar-refractivity contribution in [3.05, 3.63) is 48.0 Å². The Hall–Kier alpha value is -2.94. The van der Waals surface area contributed by atoms with E-state index in [-0.39, 0.29) is 23.3 Å². The Morgan fingerprint density at radius 1 is 1.09 bits per heavy atom. The number of amides is 1. The zero-order valence-corrected chi connectivity index (χ0v) is 19.7. The maximum atomic E-state index is 12.9. The SMILES string of the molecule is CC1(C)COc2cc(-c3ccc(OC(F)(F)F)cc3)ccc2C1NC(=O)O[C@@H]1CN2CCC1CC2. The van der Waals surface area contributed by atoms with Crippen LogP contribution in [-0.4, -0.2) is 49.7 Å². The molecule has 0 aliphatic carbocycles. The van der Waals surface area contributed by atoms with Crippen molar-refractivity contribution in [2.75, 3.05) is 26.2 Å². The summed E-state index contributed by atoms with van der Waals surface area (Å²) in [6, 6.07) is 11.0. The molecule has 4 aliphatic heterocycles. The topological polar surface area (TPSA) is 60.0 Å². The van der Waals surface area contributed by atoms with Crippen molar-refractivity contribution in [1.82, 2.24) is 10.2 Å². The summed E-state index contributed by atoms with van der Waals surface area (Å²) >= 11 is 0. The first-order chi connectivity index (χ1) is 16.6. The number of nitrogens with zero attached hydrogens (tertiary/aromatic N) is 1. The number of carbonyl (C=O) groups is 1. The number of alkyl halides is 3. The van der Waals surface area contributed by atoms with E-state index in [0.29, 0.717) is 18.3 Å². The summed E-state index contributed by atoms with van der Waals surface area (Å²) in [4.78, 5) is 15.2. The van der Waals surface area contributed by atoms with Gasteiger partial charge in [-0.2, -0.15) is 0 Å². The van der Waals surface area contributed by atoms with Gasteiger partial charge in [0.2, 0.25) is 0 Å². The summed E-state index contributed by atoms with van der Waals surface area (Å²) in [5, 5.41) is 3.08.